The average molecular weight is 187 g/mol. The van der Waals surface area contributed by atoms with E-state index < -0.39 is 23.4 Å². The van der Waals surface area contributed by atoms with Gasteiger partial charge in [-0.1, -0.05) is 0 Å². The van der Waals surface area contributed by atoms with Crippen LogP contribution in [0.2, 0.25) is 0 Å². The third kappa shape index (κ3) is 1.65. The van der Waals surface area contributed by atoms with E-state index in [9.17, 15) is 9.50 Å². The van der Waals surface area contributed by atoms with Crippen molar-refractivity contribution in [3.8, 4) is 17.2 Å². The van der Waals surface area contributed by atoms with Crippen LogP contribution in [0.5, 0.6) is 17.2 Å². The van der Waals surface area contributed by atoms with Crippen LogP contribution in [0.25, 0.3) is 0 Å². The van der Waals surface area contributed by atoms with Crippen LogP contribution in [-0.2, 0) is 0 Å². The van der Waals surface area contributed by atoms with Crippen LogP contribution >= 0.6 is 0 Å². The fraction of sp³-hybridized carbons (Fsp3) is 0.250. The van der Waals surface area contributed by atoms with E-state index in [1.54, 1.807) is 0 Å². The Morgan fingerprint density at radius 2 is 1.85 bits per heavy atom. The summed E-state index contributed by atoms with van der Waals surface area (Å²) in [6, 6.07) is 2.26. The lowest BCUT2D eigenvalue weighted by atomic mass is 10.1. The molecule has 0 spiro atoms. The predicted molar refractivity (Wildman–Crippen MR) is 44.3 cm³/mol. The molecule has 13 heavy (non-hydrogen) atoms. The molecule has 0 bridgehead atoms. The van der Waals surface area contributed by atoms with E-state index in [-0.39, 0.29) is 12.1 Å². The predicted octanol–water partition coefficient (Wildman–Crippen LogP) is 0.773. The van der Waals surface area contributed by atoms with Gasteiger partial charge < -0.3 is 21.1 Å². The SMILES string of the molecule is NCC(F)c1ccc(O)c(O)c1O. The third-order valence-corrected chi connectivity index (χ3v) is 1.71. The number of phenols is 3. The molecule has 1 atom stereocenters. The molecule has 1 aromatic carbocycles. The van der Waals surface area contributed by atoms with Crippen molar-refractivity contribution in [1.82, 2.24) is 0 Å². The molecule has 72 valence electrons. The molecule has 0 heterocycles. The lowest BCUT2D eigenvalue weighted by Gasteiger charge is -2.09. The fourth-order valence-electron chi connectivity index (χ4n) is 0.964. The Bertz CT molecular complexity index is 317. The average Bonchev–Trinajstić information content (AvgIpc) is 2.13. The first-order valence-electron chi connectivity index (χ1n) is 3.65. The van der Waals surface area contributed by atoms with Crippen molar-refractivity contribution in [1.29, 1.82) is 0 Å². The van der Waals surface area contributed by atoms with Crippen molar-refractivity contribution in [3.63, 3.8) is 0 Å². The van der Waals surface area contributed by atoms with Gasteiger partial charge in [-0.15, -0.1) is 0 Å². The second-order valence-corrected chi connectivity index (χ2v) is 2.57. The molecule has 0 fully saturated rings. The zero-order valence-electron chi connectivity index (χ0n) is 6.74. The number of hydrogen-bond acceptors (Lipinski definition) is 4. The Labute approximate surface area is 74.0 Å². The van der Waals surface area contributed by atoms with Crippen LogP contribution in [0.15, 0.2) is 12.1 Å². The lowest BCUT2D eigenvalue weighted by molar-refractivity contribution is 0.322. The third-order valence-electron chi connectivity index (χ3n) is 1.71. The van der Waals surface area contributed by atoms with Crippen LogP contribution in [0.3, 0.4) is 0 Å². The topological polar surface area (TPSA) is 86.7 Å². The van der Waals surface area contributed by atoms with Crippen LogP contribution in [-0.4, -0.2) is 21.9 Å². The quantitative estimate of drug-likeness (QED) is 0.515. The molecule has 0 aliphatic heterocycles. The lowest BCUT2D eigenvalue weighted by Crippen LogP contribution is -2.07. The summed E-state index contributed by atoms with van der Waals surface area (Å²) in [5.74, 6) is -1.89. The standard InChI is InChI=1S/C8H10FNO3/c9-5(3-10)4-1-2-6(11)8(13)7(4)12/h1-2,5,11-13H,3,10H2. The molecule has 4 nitrogen and oxygen atoms in total. The first-order valence-corrected chi connectivity index (χ1v) is 3.65. The number of halogens is 1. The Balaban J connectivity index is 3.18. The first kappa shape index (κ1) is 9.60. The van der Waals surface area contributed by atoms with Crippen LogP contribution in [0.1, 0.15) is 11.7 Å². The van der Waals surface area contributed by atoms with Gasteiger partial charge in [-0.05, 0) is 12.1 Å². The van der Waals surface area contributed by atoms with Crippen LogP contribution in [0.4, 0.5) is 4.39 Å². The molecule has 0 aromatic heterocycles. The number of aromatic hydroxyl groups is 3. The molecule has 0 saturated heterocycles. The van der Waals surface area contributed by atoms with Crippen LogP contribution in [0, 0.1) is 0 Å². The normalized spacial score (nSPS) is 12.8. The zero-order chi connectivity index (χ0) is 10.0. The summed E-state index contributed by atoms with van der Waals surface area (Å²) in [5, 5.41) is 27.1. The van der Waals surface area contributed by atoms with Gasteiger partial charge in [-0.2, -0.15) is 0 Å². The summed E-state index contributed by atoms with van der Waals surface area (Å²) in [7, 11) is 0. The smallest absolute Gasteiger partial charge is 0.200 e. The van der Waals surface area contributed by atoms with Gasteiger partial charge in [0.05, 0.1) is 0 Å². The maximum atomic E-state index is 13.0. The van der Waals surface area contributed by atoms with Crippen molar-refractivity contribution < 1.29 is 19.7 Å². The molecule has 1 rings (SSSR count). The Morgan fingerprint density at radius 1 is 1.23 bits per heavy atom. The number of alkyl halides is 1. The Kier molecular flexibility index (Phi) is 2.57. The minimum atomic E-state index is -1.55. The Hall–Kier alpha value is -1.49. The molecular weight excluding hydrogens is 177 g/mol. The maximum Gasteiger partial charge on any atom is 0.200 e. The molecule has 5 N–H and O–H groups in total. The zero-order valence-corrected chi connectivity index (χ0v) is 6.74. The molecule has 1 unspecified atom stereocenters. The summed E-state index contributed by atoms with van der Waals surface area (Å²) in [5.41, 5.74) is 4.90. The van der Waals surface area contributed by atoms with Gasteiger partial charge in [-0.25, -0.2) is 4.39 Å². The van der Waals surface area contributed by atoms with E-state index >= 15 is 0 Å². The Morgan fingerprint density at radius 3 is 2.38 bits per heavy atom. The van der Waals surface area contributed by atoms with E-state index in [2.05, 4.69) is 0 Å². The minimum Gasteiger partial charge on any atom is -0.504 e. The van der Waals surface area contributed by atoms with E-state index in [1.165, 1.54) is 6.07 Å². The van der Waals surface area contributed by atoms with Gasteiger partial charge in [0.15, 0.2) is 11.5 Å². The number of phenolic OH excluding ortho intramolecular Hbond substituents is 3. The van der Waals surface area contributed by atoms with Crippen molar-refractivity contribution >= 4 is 0 Å². The largest absolute Gasteiger partial charge is 0.504 e. The highest BCUT2D eigenvalue weighted by Crippen LogP contribution is 2.40. The monoisotopic (exact) mass is 187 g/mol. The van der Waals surface area contributed by atoms with Crippen molar-refractivity contribution in [2.45, 2.75) is 6.17 Å². The molecule has 0 radical (unpaired) electrons. The highest BCUT2D eigenvalue weighted by Gasteiger charge is 2.17. The van der Waals surface area contributed by atoms with Crippen molar-refractivity contribution in [2.24, 2.45) is 5.73 Å². The number of benzene rings is 1. The molecule has 0 amide bonds. The number of nitrogens with two attached hydrogens (primary N) is 1. The maximum absolute atomic E-state index is 13.0. The van der Waals surface area contributed by atoms with Gasteiger partial charge in [-0.3, -0.25) is 0 Å². The summed E-state index contributed by atoms with van der Waals surface area (Å²) in [6.45, 7) is -0.294. The minimum absolute atomic E-state index is 0.127. The van der Waals surface area contributed by atoms with E-state index in [0.29, 0.717) is 0 Å². The van der Waals surface area contributed by atoms with Gasteiger partial charge in [0.1, 0.15) is 6.17 Å². The van der Waals surface area contributed by atoms with Crippen molar-refractivity contribution in [2.75, 3.05) is 6.54 Å². The number of hydrogen-bond donors (Lipinski definition) is 4. The highest BCUT2D eigenvalue weighted by atomic mass is 19.1. The van der Waals surface area contributed by atoms with E-state index in [1.807, 2.05) is 0 Å². The molecule has 0 aliphatic carbocycles. The second-order valence-electron chi connectivity index (χ2n) is 2.57. The summed E-state index contributed by atoms with van der Waals surface area (Å²) in [6.07, 6.45) is -1.55. The molecule has 1 aromatic rings. The van der Waals surface area contributed by atoms with Crippen molar-refractivity contribution in [3.05, 3.63) is 17.7 Å². The number of rotatable bonds is 2. The van der Waals surface area contributed by atoms with E-state index in [0.717, 1.165) is 6.07 Å². The van der Waals surface area contributed by atoms with Gasteiger partial charge in [0.2, 0.25) is 5.75 Å². The molecular formula is C8H10FNO3. The first-order chi connectivity index (χ1) is 6.07. The van der Waals surface area contributed by atoms with E-state index in [4.69, 9.17) is 15.9 Å². The summed E-state index contributed by atoms with van der Waals surface area (Å²) < 4.78 is 13.0. The van der Waals surface area contributed by atoms with Gasteiger partial charge >= 0.3 is 0 Å². The van der Waals surface area contributed by atoms with Crippen LogP contribution < -0.4 is 5.73 Å². The van der Waals surface area contributed by atoms with Gasteiger partial charge in [0.25, 0.3) is 0 Å². The van der Waals surface area contributed by atoms with Gasteiger partial charge in [0, 0.05) is 12.1 Å². The summed E-state index contributed by atoms with van der Waals surface area (Å²) >= 11 is 0. The second kappa shape index (κ2) is 3.49. The molecule has 0 saturated carbocycles. The summed E-state index contributed by atoms with van der Waals surface area (Å²) in [4.78, 5) is 0. The molecule has 5 heteroatoms. The molecule has 0 aliphatic rings. The highest BCUT2D eigenvalue weighted by molar-refractivity contribution is 5.53. The fourth-order valence-corrected chi connectivity index (χ4v) is 0.964.